The third-order valence-electron chi connectivity index (χ3n) is 4.20. The molecule has 0 spiro atoms. The average molecular weight is 337 g/mol. The molecular weight excluding hydrogens is 314 g/mol. The first-order valence-electron chi connectivity index (χ1n) is 8.20. The molecule has 0 saturated heterocycles. The molecule has 4 heteroatoms. The number of nitrogens with zero attached hydrogens (tertiary/aromatic N) is 2. The van der Waals surface area contributed by atoms with E-state index >= 15 is 0 Å². The van der Waals surface area contributed by atoms with Gasteiger partial charge in [0, 0.05) is 35.4 Å². The summed E-state index contributed by atoms with van der Waals surface area (Å²) in [6.45, 7) is 9.85. The van der Waals surface area contributed by atoms with Crippen LogP contribution in [0.15, 0.2) is 54.4 Å². The summed E-state index contributed by atoms with van der Waals surface area (Å²) in [6, 6.07) is 12.7. The number of thiazole rings is 1. The zero-order chi connectivity index (χ0) is 16.9. The Morgan fingerprint density at radius 2 is 2.04 bits per heavy atom. The van der Waals surface area contributed by atoms with Crippen molar-refractivity contribution in [2.75, 3.05) is 11.9 Å². The zero-order valence-corrected chi connectivity index (χ0v) is 15.1. The van der Waals surface area contributed by atoms with E-state index in [2.05, 4.69) is 66.0 Å². The molecule has 0 unspecified atom stereocenters. The van der Waals surface area contributed by atoms with Gasteiger partial charge >= 0.3 is 0 Å². The standard InChI is InChI=1S/C20H23N3S/c1-4-12-23-15(2)13-18(16(23)3)19-14-24-20(22-19)21-11-10-17-8-6-5-7-9-17/h4-9,13-14H,1,10-12H2,2-3H3,(H,21,22). The Labute approximate surface area is 147 Å². The molecule has 2 heterocycles. The van der Waals surface area contributed by atoms with E-state index in [0.29, 0.717) is 0 Å². The van der Waals surface area contributed by atoms with Gasteiger partial charge in [-0.15, -0.1) is 17.9 Å². The minimum atomic E-state index is 0.837. The third kappa shape index (κ3) is 3.60. The Morgan fingerprint density at radius 3 is 2.79 bits per heavy atom. The maximum absolute atomic E-state index is 4.76. The van der Waals surface area contributed by atoms with Gasteiger partial charge in [0.05, 0.1) is 5.69 Å². The normalized spacial score (nSPS) is 10.8. The van der Waals surface area contributed by atoms with Gasteiger partial charge in [-0.05, 0) is 31.9 Å². The lowest BCUT2D eigenvalue weighted by Gasteiger charge is -2.05. The van der Waals surface area contributed by atoms with Crippen molar-refractivity contribution in [1.82, 2.24) is 9.55 Å². The highest BCUT2D eigenvalue weighted by Gasteiger charge is 2.12. The van der Waals surface area contributed by atoms with Crippen LogP contribution in [0.25, 0.3) is 11.3 Å². The number of benzene rings is 1. The fourth-order valence-corrected chi connectivity index (χ4v) is 3.65. The molecule has 1 N–H and O–H groups in total. The van der Waals surface area contributed by atoms with Crippen molar-refractivity contribution in [2.24, 2.45) is 0 Å². The monoisotopic (exact) mass is 337 g/mol. The minimum Gasteiger partial charge on any atom is -0.361 e. The molecule has 0 bridgehead atoms. The van der Waals surface area contributed by atoms with Crippen LogP contribution in [0.4, 0.5) is 5.13 Å². The van der Waals surface area contributed by atoms with E-state index in [1.54, 1.807) is 11.3 Å². The first kappa shape index (κ1) is 16.5. The number of nitrogens with one attached hydrogen (secondary N) is 1. The van der Waals surface area contributed by atoms with E-state index in [-0.39, 0.29) is 0 Å². The van der Waals surface area contributed by atoms with Gasteiger partial charge in [-0.3, -0.25) is 0 Å². The predicted molar refractivity (Wildman–Crippen MR) is 104 cm³/mol. The van der Waals surface area contributed by atoms with Crippen molar-refractivity contribution >= 4 is 16.5 Å². The summed E-state index contributed by atoms with van der Waals surface area (Å²) in [4.78, 5) is 4.76. The molecule has 124 valence electrons. The Bertz CT molecular complexity index is 815. The number of anilines is 1. The second-order valence-electron chi connectivity index (χ2n) is 5.88. The zero-order valence-electron chi connectivity index (χ0n) is 14.2. The smallest absolute Gasteiger partial charge is 0.183 e. The first-order valence-corrected chi connectivity index (χ1v) is 9.08. The van der Waals surface area contributed by atoms with Crippen molar-refractivity contribution in [3.8, 4) is 11.3 Å². The van der Waals surface area contributed by atoms with Crippen LogP contribution < -0.4 is 5.32 Å². The third-order valence-corrected chi connectivity index (χ3v) is 5.00. The minimum absolute atomic E-state index is 0.837. The topological polar surface area (TPSA) is 29.9 Å². The molecule has 2 aromatic heterocycles. The fraction of sp³-hybridized carbons (Fsp3) is 0.250. The van der Waals surface area contributed by atoms with E-state index in [9.17, 15) is 0 Å². The lowest BCUT2D eigenvalue weighted by molar-refractivity contribution is 0.770. The molecule has 0 atom stereocenters. The summed E-state index contributed by atoms with van der Waals surface area (Å²) >= 11 is 1.67. The van der Waals surface area contributed by atoms with Crippen LogP contribution in [0.2, 0.25) is 0 Å². The van der Waals surface area contributed by atoms with Crippen molar-refractivity contribution in [2.45, 2.75) is 26.8 Å². The van der Waals surface area contributed by atoms with Gasteiger partial charge in [-0.1, -0.05) is 36.4 Å². The van der Waals surface area contributed by atoms with Gasteiger partial charge < -0.3 is 9.88 Å². The van der Waals surface area contributed by atoms with Crippen LogP contribution >= 0.6 is 11.3 Å². The SMILES string of the molecule is C=CCn1c(C)cc(-c2csc(NCCc3ccccc3)n2)c1C. The van der Waals surface area contributed by atoms with Crippen molar-refractivity contribution in [1.29, 1.82) is 0 Å². The Morgan fingerprint density at radius 1 is 1.25 bits per heavy atom. The van der Waals surface area contributed by atoms with Gasteiger partial charge in [-0.25, -0.2) is 4.98 Å². The molecule has 0 aliphatic carbocycles. The number of rotatable bonds is 7. The van der Waals surface area contributed by atoms with E-state index in [0.717, 1.165) is 30.3 Å². The molecule has 0 radical (unpaired) electrons. The van der Waals surface area contributed by atoms with E-state index in [4.69, 9.17) is 4.98 Å². The van der Waals surface area contributed by atoms with Gasteiger partial charge in [0.1, 0.15) is 0 Å². The number of hydrogen-bond donors (Lipinski definition) is 1. The van der Waals surface area contributed by atoms with Gasteiger partial charge in [0.25, 0.3) is 0 Å². The van der Waals surface area contributed by atoms with Crippen molar-refractivity contribution in [3.05, 3.63) is 71.4 Å². The number of allylic oxidation sites excluding steroid dienone is 1. The molecular formula is C20H23N3S. The van der Waals surface area contributed by atoms with Crippen LogP contribution in [0.5, 0.6) is 0 Å². The average Bonchev–Trinajstić information content (AvgIpc) is 3.16. The molecule has 0 saturated carbocycles. The Balaban J connectivity index is 1.67. The maximum atomic E-state index is 4.76. The van der Waals surface area contributed by atoms with E-state index in [1.165, 1.54) is 22.5 Å². The summed E-state index contributed by atoms with van der Waals surface area (Å²) in [7, 11) is 0. The van der Waals surface area contributed by atoms with E-state index < -0.39 is 0 Å². The first-order chi connectivity index (χ1) is 11.7. The number of hydrogen-bond acceptors (Lipinski definition) is 3. The van der Waals surface area contributed by atoms with E-state index in [1.807, 2.05) is 12.1 Å². The number of aryl methyl sites for hydroxylation is 1. The summed E-state index contributed by atoms with van der Waals surface area (Å²) in [5, 5.41) is 6.54. The van der Waals surface area contributed by atoms with Gasteiger partial charge in [-0.2, -0.15) is 0 Å². The largest absolute Gasteiger partial charge is 0.361 e. The second kappa shape index (κ2) is 7.49. The molecule has 1 aromatic carbocycles. The second-order valence-corrected chi connectivity index (χ2v) is 6.74. The molecule has 0 fully saturated rings. The quantitative estimate of drug-likeness (QED) is 0.610. The molecule has 0 aliphatic heterocycles. The van der Waals surface area contributed by atoms with Crippen molar-refractivity contribution < 1.29 is 0 Å². The molecule has 0 amide bonds. The highest BCUT2D eigenvalue weighted by molar-refractivity contribution is 7.14. The van der Waals surface area contributed by atoms with Crippen LogP contribution in [0, 0.1) is 13.8 Å². The van der Waals surface area contributed by atoms with Crippen LogP contribution in [0.1, 0.15) is 17.0 Å². The highest BCUT2D eigenvalue weighted by Crippen LogP contribution is 2.29. The summed E-state index contributed by atoms with van der Waals surface area (Å²) in [6.07, 6.45) is 2.94. The van der Waals surface area contributed by atoms with Crippen LogP contribution in [-0.2, 0) is 13.0 Å². The van der Waals surface area contributed by atoms with Gasteiger partial charge in [0.15, 0.2) is 5.13 Å². The number of aromatic nitrogens is 2. The maximum Gasteiger partial charge on any atom is 0.183 e. The van der Waals surface area contributed by atoms with Crippen LogP contribution in [0.3, 0.4) is 0 Å². The summed E-state index contributed by atoms with van der Waals surface area (Å²) < 4.78 is 2.27. The lowest BCUT2D eigenvalue weighted by Crippen LogP contribution is -2.04. The molecule has 3 rings (SSSR count). The molecule has 24 heavy (non-hydrogen) atoms. The summed E-state index contributed by atoms with van der Waals surface area (Å²) in [5.41, 5.74) is 6.09. The van der Waals surface area contributed by atoms with Crippen molar-refractivity contribution in [3.63, 3.8) is 0 Å². The van der Waals surface area contributed by atoms with Crippen LogP contribution in [-0.4, -0.2) is 16.1 Å². The predicted octanol–water partition coefficient (Wildman–Crippen LogP) is 5.07. The summed E-state index contributed by atoms with van der Waals surface area (Å²) in [5.74, 6) is 0. The highest BCUT2D eigenvalue weighted by atomic mass is 32.1. The lowest BCUT2D eigenvalue weighted by atomic mass is 10.1. The Hall–Kier alpha value is -2.33. The Kier molecular flexibility index (Phi) is 5.16. The van der Waals surface area contributed by atoms with Gasteiger partial charge in [0.2, 0.25) is 0 Å². The fourth-order valence-electron chi connectivity index (χ4n) is 2.91. The molecule has 0 aliphatic rings. The molecule has 3 nitrogen and oxygen atoms in total. The molecule has 3 aromatic rings.